The molecule has 1 atom stereocenters. The maximum Gasteiger partial charge on any atom is 0.333 e. The summed E-state index contributed by atoms with van der Waals surface area (Å²) in [6.07, 6.45) is -0.627. The van der Waals surface area contributed by atoms with Gasteiger partial charge in [0.2, 0.25) is 0 Å². The first kappa shape index (κ1) is 31.2. The Morgan fingerprint density at radius 3 is 2.23 bits per heavy atom. The summed E-state index contributed by atoms with van der Waals surface area (Å²) in [6, 6.07) is 21.8. The molecule has 40 heavy (non-hydrogen) atoms. The first-order valence-electron chi connectivity index (χ1n) is 13.0. The molecule has 0 saturated heterocycles. The molecule has 0 bridgehead atoms. The fourth-order valence-corrected chi connectivity index (χ4v) is 4.46. The number of ether oxygens (including phenoxy) is 3. The largest absolute Gasteiger partial charge is 0.492 e. The maximum absolute atomic E-state index is 13.0. The van der Waals surface area contributed by atoms with Crippen LogP contribution in [0.15, 0.2) is 72.8 Å². The lowest BCUT2D eigenvalue weighted by atomic mass is 10.1. The standard InChI is InChI=1S/C30H34Cl2N2O6/c1-2-39-28(29(35)36)18-22-8-10-27(11-9-22)40-15-13-34(30(37)33-20-23-6-4-3-5-7-23)12-14-38-21-24-16-25(31)19-26(32)17-24/h3-11,16-17,19,28H,2,12-15,18,20-21H2,1H3,(H,33,37)(H,35,36). The molecule has 0 radical (unpaired) electrons. The van der Waals surface area contributed by atoms with Crippen molar-refractivity contribution in [2.75, 3.05) is 32.9 Å². The summed E-state index contributed by atoms with van der Waals surface area (Å²) in [6.45, 7) is 4.06. The lowest BCUT2D eigenvalue weighted by Crippen LogP contribution is -2.43. The Balaban J connectivity index is 1.52. The van der Waals surface area contributed by atoms with Gasteiger partial charge in [0.15, 0.2) is 6.10 Å². The van der Waals surface area contributed by atoms with E-state index in [4.69, 9.17) is 37.4 Å². The van der Waals surface area contributed by atoms with Crippen LogP contribution in [-0.4, -0.2) is 61.0 Å². The molecule has 0 fully saturated rings. The first-order chi connectivity index (χ1) is 19.3. The maximum atomic E-state index is 13.0. The Hall–Kier alpha value is -3.30. The van der Waals surface area contributed by atoms with E-state index in [2.05, 4.69) is 5.32 Å². The minimum atomic E-state index is -0.992. The van der Waals surface area contributed by atoms with Crippen molar-refractivity contribution in [3.63, 3.8) is 0 Å². The molecule has 10 heteroatoms. The van der Waals surface area contributed by atoms with E-state index in [-0.39, 0.29) is 19.1 Å². The molecule has 0 spiro atoms. The number of hydrogen-bond donors (Lipinski definition) is 2. The molecule has 3 aromatic rings. The van der Waals surface area contributed by atoms with E-state index in [0.29, 0.717) is 55.2 Å². The van der Waals surface area contributed by atoms with Crippen molar-refractivity contribution in [1.82, 2.24) is 10.2 Å². The highest BCUT2D eigenvalue weighted by atomic mass is 35.5. The Labute approximate surface area is 244 Å². The molecule has 214 valence electrons. The van der Waals surface area contributed by atoms with Crippen LogP contribution in [0, 0.1) is 0 Å². The third-order valence-corrected chi connectivity index (χ3v) is 6.32. The number of nitrogens with zero attached hydrogens (tertiary/aromatic N) is 1. The van der Waals surface area contributed by atoms with Gasteiger partial charge in [-0.05, 0) is 53.9 Å². The molecule has 3 rings (SSSR count). The predicted octanol–water partition coefficient (Wildman–Crippen LogP) is 5.83. The van der Waals surface area contributed by atoms with Crippen LogP contribution in [0.4, 0.5) is 4.79 Å². The molecule has 1 unspecified atom stereocenters. The van der Waals surface area contributed by atoms with Crippen LogP contribution in [0.25, 0.3) is 0 Å². The van der Waals surface area contributed by atoms with Crippen LogP contribution >= 0.6 is 23.2 Å². The zero-order chi connectivity index (χ0) is 28.7. The second-order valence-corrected chi connectivity index (χ2v) is 9.81. The molecule has 0 heterocycles. The summed E-state index contributed by atoms with van der Waals surface area (Å²) >= 11 is 12.1. The van der Waals surface area contributed by atoms with Gasteiger partial charge in [0.25, 0.3) is 0 Å². The van der Waals surface area contributed by atoms with Gasteiger partial charge in [-0.25, -0.2) is 9.59 Å². The van der Waals surface area contributed by atoms with Gasteiger partial charge < -0.3 is 29.5 Å². The van der Waals surface area contributed by atoms with Crippen molar-refractivity contribution in [1.29, 1.82) is 0 Å². The second-order valence-electron chi connectivity index (χ2n) is 8.94. The lowest BCUT2D eigenvalue weighted by molar-refractivity contribution is -0.149. The van der Waals surface area contributed by atoms with Gasteiger partial charge in [-0.2, -0.15) is 0 Å². The Morgan fingerprint density at radius 2 is 1.57 bits per heavy atom. The number of hydrogen-bond acceptors (Lipinski definition) is 5. The number of halogens is 2. The number of carbonyl (C=O) groups excluding carboxylic acids is 1. The number of aliphatic carboxylic acids is 1. The minimum absolute atomic E-state index is 0.229. The zero-order valence-corrected chi connectivity index (χ0v) is 23.9. The molecule has 0 saturated carbocycles. The summed E-state index contributed by atoms with van der Waals surface area (Å²) < 4.78 is 16.9. The van der Waals surface area contributed by atoms with E-state index in [1.807, 2.05) is 42.5 Å². The highest BCUT2D eigenvalue weighted by molar-refractivity contribution is 6.34. The molecular weight excluding hydrogens is 555 g/mol. The third kappa shape index (κ3) is 11.1. The molecular formula is C30H34Cl2N2O6. The van der Waals surface area contributed by atoms with Crippen LogP contribution in [0.2, 0.25) is 10.0 Å². The van der Waals surface area contributed by atoms with E-state index < -0.39 is 12.1 Å². The lowest BCUT2D eigenvalue weighted by Gasteiger charge is -2.23. The fourth-order valence-electron chi connectivity index (χ4n) is 3.89. The molecule has 2 N–H and O–H groups in total. The van der Waals surface area contributed by atoms with Crippen molar-refractivity contribution in [3.8, 4) is 5.75 Å². The predicted molar refractivity (Wildman–Crippen MR) is 155 cm³/mol. The molecule has 0 aliphatic carbocycles. The van der Waals surface area contributed by atoms with E-state index in [0.717, 1.165) is 16.7 Å². The van der Waals surface area contributed by atoms with Gasteiger partial charge in [0.05, 0.1) is 19.8 Å². The zero-order valence-electron chi connectivity index (χ0n) is 22.4. The number of carbonyl (C=O) groups is 2. The van der Waals surface area contributed by atoms with Crippen LogP contribution in [0.1, 0.15) is 23.6 Å². The highest BCUT2D eigenvalue weighted by Crippen LogP contribution is 2.19. The van der Waals surface area contributed by atoms with E-state index in [1.165, 1.54) is 0 Å². The average molecular weight is 590 g/mol. The number of carboxylic acids is 1. The van der Waals surface area contributed by atoms with Crippen LogP contribution in [0.5, 0.6) is 5.75 Å². The highest BCUT2D eigenvalue weighted by Gasteiger charge is 2.18. The Kier molecular flexibility index (Phi) is 13.1. The summed E-state index contributed by atoms with van der Waals surface area (Å²) in [5.74, 6) is -0.376. The molecule has 8 nitrogen and oxygen atoms in total. The van der Waals surface area contributed by atoms with Crippen molar-refractivity contribution >= 4 is 35.2 Å². The number of rotatable bonds is 16. The van der Waals surface area contributed by atoms with Gasteiger partial charge in [0, 0.05) is 36.2 Å². The molecule has 3 aromatic carbocycles. The summed E-state index contributed by atoms with van der Waals surface area (Å²) in [4.78, 5) is 26.0. The van der Waals surface area contributed by atoms with Gasteiger partial charge in [-0.15, -0.1) is 0 Å². The Bertz CT molecular complexity index is 1190. The van der Waals surface area contributed by atoms with Crippen molar-refractivity contribution in [2.24, 2.45) is 0 Å². The molecule has 0 aromatic heterocycles. The van der Waals surface area contributed by atoms with Crippen molar-refractivity contribution in [3.05, 3.63) is 99.5 Å². The number of urea groups is 1. The van der Waals surface area contributed by atoms with Gasteiger partial charge in [-0.1, -0.05) is 65.7 Å². The summed E-state index contributed by atoms with van der Waals surface area (Å²) in [7, 11) is 0. The van der Waals surface area contributed by atoms with Crippen molar-refractivity contribution in [2.45, 2.75) is 32.6 Å². The van der Waals surface area contributed by atoms with Crippen molar-refractivity contribution < 1.29 is 28.9 Å². The SMILES string of the molecule is CCOC(Cc1ccc(OCCN(CCOCc2cc(Cl)cc(Cl)c2)C(=O)NCc2ccccc2)cc1)C(=O)O. The first-order valence-corrected chi connectivity index (χ1v) is 13.7. The van der Waals surface area contributed by atoms with E-state index in [1.54, 1.807) is 42.2 Å². The quantitative estimate of drug-likeness (QED) is 0.204. The molecule has 0 aliphatic heterocycles. The Morgan fingerprint density at radius 1 is 0.900 bits per heavy atom. The number of amides is 2. The van der Waals surface area contributed by atoms with E-state index in [9.17, 15) is 14.7 Å². The normalized spacial score (nSPS) is 11.6. The van der Waals surface area contributed by atoms with Gasteiger partial charge in [-0.3, -0.25) is 0 Å². The second kappa shape index (κ2) is 16.7. The van der Waals surface area contributed by atoms with E-state index >= 15 is 0 Å². The smallest absolute Gasteiger partial charge is 0.333 e. The number of benzene rings is 3. The summed E-state index contributed by atoms with van der Waals surface area (Å²) in [5, 5.41) is 13.3. The summed E-state index contributed by atoms with van der Waals surface area (Å²) in [5.41, 5.74) is 2.67. The third-order valence-electron chi connectivity index (χ3n) is 5.89. The van der Waals surface area contributed by atoms with Gasteiger partial charge >= 0.3 is 12.0 Å². The minimum Gasteiger partial charge on any atom is -0.492 e. The topological polar surface area (TPSA) is 97.3 Å². The van der Waals surface area contributed by atoms with Gasteiger partial charge in [0.1, 0.15) is 12.4 Å². The van der Waals surface area contributed by atoms with Crippen LogP contribution in [0.3, 0.4) is 0 Å². The molecule has 0 aliphatic rings. The average Bonchev–Trinajstić information content (AvgIpc) is 2.93. The number of nitrogens with one attached hydrogen (secondary N) is 1. The van der Waals surface area contributed by atoms with Crippen LogP contribution < -0.4 is 10.1 Å². The monoisotopic (exact) mass is 588 g/mol. The molecule has 2 amide bonds. The fraction of sp³-hybridized carbons (Fsp3) is 0.333. The number of carboxylic acid groups (broad SMARTS) is 1. The van der Waals surface area contributed by atoms with Crippen LogP contribution in [-0.2, 0) is 33.8 Å².